The largest absolute Gasteiger partial charge is 0.466 e. The molecule has 0 radical (unpaired) electrons. The van der Waals surface area contributed by atoms with Crippen molar-refractivity contribution in [3.05, 3.63) is 11.3 Å². The van der Waals surface area contributed by atoms with Crippen LogP contribution in [0.5, 0.6) is 0 Å². The van der Waals surface area contributed by atoms with Crippen molar-refractivity contribution < 1.29 is 14.3 Å². The molecule has 0 unspecified atom stereocenters. The molecule has 0 rings (SSSR count). The van der Waals surface area contributed by atoms with Crippen LogP contribution in [0.25, 0.3) is 0 Å². The van der Waals surface area contributed by atoms with Crippen LogP contribution < -0.4 is 0 Å². The summed E-state index contributed by atoms with van der Waals surface area (Å²) in [5.41, 5.74) is 1.94. The van der Waals surface area contributed by atoms with Crippen molar-refractivity contribution in [2.75, 3.05) is 13.7 Å². The number of esters is 1. The molecule has 0 aromatic carbocycles. The summed E-state index contributed by atoms with van der Waals surface area (Å²) in [6.07, 6.45) is 1.41. The van der Waals surface area contributed by atoms with E-state index in [4.69, 9.17) is 4.74 Å². The molecule has 0 aliphatic carbocycles. The van der Waals surface area contributed by atoms with Crippen molar-refractivity contribution in [2.45, 2.75) is 27.2 Å². The van der Waals surface area contributed by atoms with Gasteiger partial charge in [0.2, 0.25) is 6.41 Å². The Hall–Kier alpha value is -1.32. The van der Waals surface area contributed by atoms with E-state index in [1.807, 2.05) is 13.8 Å². The Morgan fingerprint density at radius 1 is 1.36 bits per heavy atom. The molecule has 14 heavy (non-hydrogen) atoms. The molecule has 0 aromatic heterocycles. The zero-order valence-corrected chi connectivity index (χ0v) is 9.16. The number of carbonyl (C=O) groups excluding carboxylic acids is 2. The fraction of sp³-hybridized carbons (Fsp3) is 0.600. The molecule has 0 bridgehead atoms. The van der Waals surface area contributed by atoms with E-state index in [0.717, 1.165) is 17.7 Å². The number of amides is 1. The smallest absolute Gasteiger partial charge is 0.302 e. The Morgan fingerprint density at radius 3 is 2.36 bits per heavy atom. The van der Waals surface area contributed by atoms with E-state index < -0.39 is 0 Å². The van der Waals surface area contributed by atoms with Gasteiger partial charge in [-0.05, 0) is 13.8 Å². The molecule has 0 aliphatic rings. The van der Waals surface area contributed by atoms with Crippen LogP contribution in [0.2, 0.25) is 0 Å². The van der Waals surface area contributed by atoms with Crippen molar-refractivity contribution in [2.24, 2.45) is 0 Å². The lowest BCUT2D eigenvalue weighted by Gasteiger charge is -2.14. The van der Waals surface area contributed by atoms with E-state index in [2.05, 4.69) is 0 Å². The number of rotatable bonds is 5. The van der Waals surface area contributed by atoms with E-state index >= 15 is 0 Å². The maximum absolute atomic E-state index is 10.5. The van der Waals surface area contributed by atoms with Gasteiger partial charge in [0.15, 0.2) is 0 Å². The Kier molecular flexibility index (Phi) is 5.60. The van der Waals surface area contributed by atoms with Crippen LogP contribution in [-0.2, 0) is 14.3 Å². The third kappa shape index (κ3) is 4.64. The summed E-state index contributed by atoms with van der Waals surface area (Å²) in [4.78, 5) is 22.4. The molecule has 1 amide bonds. The first-order valence-corrected chi connectivity index (χ1v) is 4.47. The van der Waals surface area contributed by atoms with Crippen molar-refractivity contribution in [3.63, 3.8) is 0 Å². The first kappa shape index (κ1) is 12.7. The van der Waals surface area contributed by atoms with Gasteiger partial charge in [0.05, 0.1) is 6.61 Å². The number of ether oxygens (including phenoxy) is 1. The van der Waals surface area contributed by atoms with Crippen LogP contribution in [0.15, 0.2) is 11.3 Å². The van der Waals surface area contributed by atoms with Gasteiger partial charge in [-0.15, -0.1) is 0 Å². The minimum absolute atomic E-state index is 0.279. The second-order valence-electron chi connectivity index (χ2n) is 3.17. The van der Waals surface area contributed by atoms with Gasteiger partial charge in [-0.25, -0.2) is 0 Å². The van der Waals surface area contributed by atoms with Gasteiger partial charge in [-0.3, -0.25) is 9.59 Å². The average Bonchev–Trinajstić information content (AvgIpc) is 2.14. The van der Waals surface area contributed by atoms with E-state index in [1.165, 1.54) is 11.8 Å². The van der Waals surface area contributed by atoms with Gasteiger partial charge in [0, 0.05) is 26.1 Å². The van der Waals surface area contributed by atoms with Gasteiger partial charge in [-0.2, -0.15) is 0 Å². The Bertz CT molecular complexity index is 246. The zero-order valence-electron chi connectivity index (χ0n) is 9.16. The van der Waals surface area contributed by atoms with Crippen molar-refractivity contribution in [1.82, 2.24) is 4.90 Å². The standard InChI is InChI=1S/C10H17NO3/c1-8(5-6-14-10(3)13)9(2)11(4)7-12/h7H,5-6H2,1-4H3/b9-8+. The zero-order chi connectivity index (χ0) is 11.1. The number of hydrogen-bond donors (Lipinski definition) is 0. The van der Waals surface area contributed by atoms with Crippen LogP contribution in [0.4, 0.5) is 0 Å². The van der Waals surface area contributed by atoms with E-state index in [-0.39, 0.29) is 5.97 Å². The maximum atomic E-state index is 10.5. The van der Waals surface area contributed by atoms with E-state index in [9.17, 15) is 9.59 Å². The molecule has 0 heterocycles. The minimum atomic E-state index is -0.279. The summed E-state index contributed by atoms with van der Waals surface area (Å²) in [5, 5.41) is 0. The molecule has 0 N–H and O–H groups in total. The van der Waals surface area contributed by atoms with Gasteiger partial charge in [-0.1, -0.05) is 5.57 Å². The predicted octanol–water partition coefficient (Wildman–Crippen LogP) is 1.32. The molecule has 0 aromatic rings. The molecule has 80 valence electrons. The quantitative estimate of drug-likeness (QED) is 0.495. The van der Waals surface area contributed by atoms with Crippen molar-refractivity contribution >= 4 is 12.4 Å². The molecule has 4 heteroatoms. The van der Waals surface area contributed by atoms with Crippen molar-refractivity contribution in [1.29, 1.82) is 0 Å². The van der Waals surface area contributed by atoms with E-state index in [1.54, 1.807) is 7.05 Å². The summed E-state index contributed by atoms with van der Waals surface area (Å²) in [6.45, 7) is 5.52. The highest BCUT2D eigenvalue weighted by Gasteiger charge is 2.02. The fourth-order valence-corrected chi connectivity index (χ4v) is 0.909. The molecular formula is C10H17NO3. The minimum Gasteiger partial charge on any atom is -0.466 e. The molecule has 0 aliphatic heterocycles. The van der Waals surface area contributed by atoms with Crippen LogP contribution in [0.3, 0.4) is 0 Å². The first-order chi connectivity index (χ1) is 6.49. The second-order valence-corrected chi connectivity index (χ2v) is 3.17. The van der Waals surface area contributed by atoms with Crippen LogP contribution >= 0.6 is 0 Å². The fourth-order valence-electron chi connectivity index (χ4n) is 0.909. The Balaban J connectivity index is 4.09. The molecule has 0 saturated carbocycles. The SMILES string of the molecule is CC(=O)OCC/C(C)=C(\C)N(C)C=O. The van der Waals surface area contributed by atoms with Gasteiger partial charge < -0.3 is 9.64 Å². The molecule has 0 atom stereocenters. The molecule has 0 saturated heterocycles. The number of carbonyl (C=O) groups is 2. The topological polar surface area (TPSA) is 46.6 Å². The summed E-state index contributed by atoms with van der Waals surface area (Å²) in [7, 11) is 1.69. The predicted molar refractivity (Wildman–Crippen MR) is 53.5 cm³/mol. The molecule has 0 spiro atoms. The lowest BCUT2D eigenvalue weighted by Crippen LogP contribution is -2.15. The first-order valence-electron chi connectivity index (χ1n) is 4.47. The van der Waals surface area contributed by atoms with E-state index in [0.29, 0.717) is 13.0 Å². The van der Waals surface area contributed by atoms with Gasteiger partial charge in [0.1, 0.15) is 0 Å². The molecule has 4 nitrogen and oxygen atoms in total. The summed E-state index contributed by atoms with van der Waals surface area (Å²) < 4.78 is 4.80. The number of hydrogen-bond acceptors (Lipinski definition) is 3. The lowest BCUT2D eigenvalue weighted by atomic mass is 10.2. The van der Waals surface area contributed by atoms with Crippen LogP contribution in [0, 0.1) is 0 Å². The highest BCUT2D eigenvalue weighted by Crippen LogP contribution is 2.09. The summed E-state index contributed by atoms with van der Waals surface area (Å²) in [6, 6.07) is 0. The Morgan fingerprint density at radius 2 is 1.93 bits per heavy atom. The van der Waals surface area contributed by atoms with Gasteiger partial charge in [0.25, 0.3) is 0 Å². The molecule has 0 fully saturated rings. The Labute approximate surface area is 84.5 Å². The average molecular weight is 199 g/mol. The van der Waals surface area contributed by atoms with Crippen molar-refractivity contribution in [3.8, 4) is 0 Å². The number of allylic oxidation sites excluding steroid dienone is 1. The summed E-state index contributed by atoms with van der Waals surface area (Å²) >= 11 is 0. The third-order valence-electron chi connectivity index (χ3n) is 2.09. The summed E-state index contributed by atoms with van der Waals surface area (Å²) in [5.74, 6) is -0.279. The second kappa shape index (κ2) is 6.18. The normalized spacial score (nSPS) is 11.7. The lowest BCUT2D eigenvalue weighted by molar-refractivity contribution is -0.140. The number of nitrogens with zero attached hydrogens (tertiary/aromatic N) is 1. The third-order valence-corrected chi connectivity index (χ3v) is 2.09. The van der Waals surface area contributed by atoms with Crippen LogP contribution in [-0.4, -0.2) is 30.9 Å². The highest BCUT2D eigenvalue weighted by molar-refractivity contribution is 5.65. The monoisotopic (exact) mass is 199 g/mol. The highest BCUT2D eigenvalue weighted by atomic mass is 16.5. The maximum Gasteiger partial charge on any atom is 0.302 e. The van der Waals surface area contributed by atoms with Gasteiger partial charge >= 0.3 is 5.97 Å². The molecular weight excluding hydrogens is 182 g/mol. The van der Waals surface area contributed by atoms with Crippen LogP contribution in [0.1, 0.15) is 27.2 Å².